The van der Waals surface area contributed by atoms with Gasteiger partial charge in [0.05, 0.1) is 4.90 Å². The van der Waals surface area contributed by atoms with Crippen molar-refractivity contribution < 1.29 is 18.0 Å². The van der Waals surface area contributed by atoms with Gasteiger partial charge >= 0.3 is 0 Å². The van der Waals surface area contributed by atoms with Crippen LogP contribution in [0.25, 0.3) is 0 Å². The van der Waals surface area contributed by atoms with Crippen LogP contribution < -0.4 is 5.32 Å². The van der Waals surface area contributed by atoms with Gasteiger partial charge in [0.1, 0.15) is 6.04 Å². The summed E-state index contributed by atoms with van der Waals surface area (Å²) in [5, 5.41) is 3.16. The molecule has 0 bridgehead atoms. The zero-order chi connectivity index (χ0) is 26.0. The van der Waals surface area contributed by atoms with Gasteiger partial charge in [-0.2, -0.15) is 0 Å². The molecule has 1 aliphatic carbocycles. The molecule has 7 nitrogen and oxygen atoms in total. The van der Waals surface area contributed by atoms with Crippen LogP contribution in [0.1, 0.15) is 57.4 Å². The Kier molecular flexibility index (Phi) is 10.5. The molecule has 3 rings (SSSR count). The maximum Gasteiger partial charge on any atom is 0.243 e. The van der Waals surface area contributed by atoms with Crippen molar-refractivity contribution in [3.63, 3.8) is 0 Å². The Morgan fingerprint density at radius 1 is 0.972 bits per heavy atom. The highest BCUT2D eigenvalue weighted by Gasteiger charge is 2.30. The van der Waals surface area contributed by atoms with Crippen molar-refractivity contribution in [1.29, 1.82) is 0 Å². The molecule has 0 saturated heterocycles. The van der Waals surface area contributed by atoms with Gasteiger partial charge in [0, 0.05) is 32.6 Å². The van der Waals surface area contributed by atoms with E-state index in [4.69, 9.17) is 0 Å². The summed E-state index contributed by atoms with van der Waals surface area (Å²) in [5.74, 6) is -0.209. The third-order valence-corrected chi connectivity index (χ3v) is 8.76. The van der Waals surface area contributed by atoms with Crippen molar-refractivity contribution in [3.05, 3.63) is 66.2 Å². The number of carbonyl (C=O) groups is 2. The van der Waals surface area contributed by atoms with Crippen LogP contribution in [0.2, 0.25) is 0 Å². The molecule has 196 valence electrons. The topological polar surface area (TPSA) is 86.8 Å². The van der Waals surface area contributed by atoms with Gasteiger partial charge in [-0.15, -0.1) is 0 Å². The van der Waals surface area contributed by atoms with E-state index in [2.05, 4.69) is 5.32 Å². The van der Waals surface area contributed by atoms with Crippen molar-refractivity contribution in [2.24, 2.45) is 0 Å². The molecule has 1 saturated carbocycles. The molecule has 1 N–H and O–H groups in total. The second kappa shape index (κ2) is 13.6. The number of rotatable bonds is 13. The van der Waals surface area contributed by atoms with Gasteiger partial charge in [-0.3, -0.25) is 9.59 Å². The van der Waals surface area contributed by atoms with E-state index in [-0.39, 0.29) is 35.7 Å². The highest BCUT2D eigenvalue weighted by atomic mass is 32.2. The molecule has 1 fully saturated rings. The molecule has 1 atom stereocenters. The predicted octanol–water partition coefficient (Wildman–Crippen LogP) is 4.00. The van der Waals surface area contributed by atoms with Gasteiger partial charge in [-0.05, 0) is 49.8 Å². The van der Waals surface area contributed by atoms with Crippen LogP contribution in [-0.4, -0.2) is 61.7 Å². The summed E-state index contributed by atoms with van der Waals surface area (Å²) in [7, 11) is -2.08. The molecule has 0 aliphatic heterocycles. The molecule has 0 heterocycles. The summed E-state index contributed by atoms with van der Waals surface area (Å²) >= 11 is 0. The molecule has 8 heteroatoms. The van der Waals surface area contributed by atoms with Crippen LogP contribution in [0.5, 0.6) is 0 Å². The highest BCUT2D eigenvalue weighted by molar-refractivity contribution is 7.89. The number of nitrogens with zero attached hydrogens (tertiary/aromatic N) is 2. The molecule has 2 aromatic rings. The average Bonchev–Trinajstić information content (AvgIpc) is 3.40. The lowest BCUT2D eigenvalue weighted by Gasteiger charge is -2.31. The lowest BCUT2D eigenvalue weighted by molar-refractivity contribution is -0.141. The Morgan fingerprint density at radius 2 is 1.58 bits per heavy atom. The molecule has 0 unspecified atom stereocenters. The standard InChI is InChI=1S/C28H39N3O4S/c1-3-26(28(33)29-24-15-10-11-16-24)31(22-20-23-13-6-4-7-14-23)27(32)19-12-21-30(2)36(34,35)25-17-8-5-9-18-25/h4-9,13-14,17-18,24,26H,3,10-12,15-16,19-22H2,1-2H3,(H,29,33)/t26-/m1/s1. The Bertz CT molecular complexity index is 1070. The molecule has 0 radical (unpaired) electrons. The molecule has 0 spiro atoms. The fourth-order valence-corrected chi connectivity index (χ4v) is 5.98. The monoisotopic (exact) mass is 513 g/mol. The third kappa shape index (κ3) is 7.64. The van der Waals surface area contributed by atoms with Gasteiger partial charge in [0.15, 0.2) is 0 Å². The van der Waals surface area contributed by atoms with Gasteiger partial charge in [0.2, 0.25) is 21.8 Å². The summed E-state index contributed by atoms with van der Waals surface area (Å²) < 4.78 is 26.9. The van der Waals surface area contributed by atoms with Crippen molar-refractivity contribution in [3.8, 4) is 0 Å². The lowest BCUT2D eigenvalue weighted by Crippen LogP contribution is -2.51. The Morgan fingerprint density at radius 3 is 2.19 bits per heavy atom. The van der Waals surface area contributed by atoms with Gasteiger partial charge in [0.25, 0.3) is 0 Å². The summed E-state index contributed by atoms with van der Waals surface area (Å²) in [5.41, 5.74) is 1.11. The van der Waals surface area contributed by atoms with Crippen LogP contribution in [0.15, 0.2) is 65.6 Å². The molecule has 2 amide bonds. The quantitative estimate of drug-likeness (QED) is 0.439. The summed E-state index contributed by atoms with van der Waals surface area (Å²) in [6.45, 7) is 2.60. The van der Waals surface area contributed by atoms with E-state index in [0.717, 1.165) is 31.2 Å². The largest absolute Gasteiger partial charge is 0.352 e. The maximum atomic E-state index is 13.4. The number of amides is 2. The van der Waals surface area contributed by atoms with Crippen molar-refractivity contribution in [1.82, 2.24) is 14.5 Å². The van der Waals surface area contributed by atoms with Crippen molar-refractivity contribution in [2.75, 3.05) is 20.1 Å². The maximum absolute atomic E-state index is 13.4. The number of hydrogen-bond acceptors (Lipinski definition) is 4. The number of benzene rings is 2. The summed E-state index contributed by atoms with van der Waals surface area (Å²) in [6.07, 6.45) is 5.96. The van der Waals surface area contributed by atoms with Crippen LogP contribution in [-0.2, 0) is 26.0 Å². The van der Waals surface area contributed by atoms with E-state index >= 15 is 0 Å². The number of carbonyl (C=O) groups excluding carboxylic acids is 2. The highest BCUT2D eigenvalue weighted by Crippen LogP contribution is 2.19. The summed E-state index contributed by atoms with van der Waals surface area (Å²) in [4.78, 5) is 28.5. The van der Waals surface area contributed by atoms with Crippen molar-refractivity contribution in [2.45, 2.75) is 75.3 Å². The molecule has 1 aliphatic rings. The lowest BCUT2D eigenvalue weighted by atomic mass is 10.1. The minimum absolute atomic E-state index is 0.0883. The molecular weight excluding hydrogens is 474 g/mol. The smallest absolute Gasteiger partial charge is 0.243 e. The van der Waals surface area contributed by atoms with Gasteiger partial charge in [-0.1, -0.05) is 68.3 Å². The van der Waals surface area contributed by atoms with E-state index < -0.39 is 16.1 Å². The number of nitrogens with one attached hydrogen (secondary N) is 1. The van der Waals surface area contributed by atoms with Crippen LogP contribution >= 0.6 is 0 Å². The zero-order valence-electron chi connectivity index (χ0n) is 21.4. The third-order valence-electron chi connectivity index (χ3n) is 6.89. The molecule has 36 heavy (non-hydrogen) atoms. The van der Waals surface area contributed by atoms with Crippen molar-refractivity contribution >= 4 is 21.8 Å². The second-order valence-corrected chi connectivity index (χ2v) is 11.5. The predicted molar refractivity (Wildman–Crippen MR) is 142 cm³/mol. The van der Waals surface area contributed by atoms with E-state index in [9.17, 15) is 18.0 Å². The first-order valence-corrected chi connectivity index (χ1v) is 14.4. The van der Waals surface area contributed by atoms with Gasteiger partial charge in [-0.25, -0.2) is 12.7 Å². The fraction of sp³-hybridized carbons (Fsp3) is 0.500. The minimum atomic E-state index is -3.61. The van der Waals surface area contributed by atoms with Gasteiger partial charge < -0.3 is 10.2 Å². The Labute approximate surface area is 215 Å². The summed E-state index contributed by atoms with van der Waals surface area (Å²) in [6, 6.07) is 17.9. The second-order valence-electron chi connectivity index (χ2n) is 9.48. The number of hydrogen-bond donors (Lipinski definition) is 1. The first kappa shape index (κ1) is 27.9. The SMILES string of the molecule is CC[C@H](C(=O)NC1CCCC1)N(CCc1ccccc1)C(=O)CCCN(C)S(=O)(=O)c1ccccc1. The van der Waals surface area contributed by atoms with Crippen LogP contribution in [0.3, 0.4) is 0 Å². The zero-order valence-corrected chi connectivity index (χ0v) is 22.3. The minimum Gasteiger partial charge on any atom is -0.352 e. The van der Waals surface area contributed by atoms with Crippen LogP contribution in [0, 0.1) is 0 Å². The Balaban J connectivity index is 1.64. The van der Waals surface area contributed by atoms with Crippen LogP contribution in [0.4, 0.5) is 0 Å². The fourth-order valence-electron chi connectivity index (χ4n) is 4.75. The molecule has 2 aromatic carbocycles. The number of sulfonamides is 1. The molecule has 0 aromatic heterocycles. The first-order chi connectivity index (χ1) is 17.3. The van der Waals surface area contributed by atoms with E-state index in [0.29, 0.717) is 25.8 Å². The molecular formula is C28H39N3O4S. The van der Waals surface area contributed by atoms with E-state index in [1.165, 1.54) is 11.4 Å². The normalized spacial score (nSPS) is 15.1. The van der Waals surface area contributed by atoms with E-state index in [1.807, 2.05) is 37.3 Å². The first-order valence-electron chi connectivity index (χ1n) is 13.0. The van der Waals surface area contributed by atoms with E-state index in [1.54, 1.807) is 35.2 Å². The average molecular weight is 514 g/mol. The Hall–Kier alpha value is -2.71.